The van der Waals surface area contributed by atoms with Crippen molar-refractivity contribution in [2.75, 3.05) is 0 Å². The number of nitrogens with zero attached hydrogens (tertiary/aromatic N) is 1. The van der Waals surface area contributed by atoms with Gasteiger partial charge in [0.25, 0.3) is 11.1 Å². The first-order valence-corrected chi connectivity index (χ1v) is 8.05. The van der Waals surface area contributed by atoms with Gasteiger partial charge in [-0.3, -0.25) is 25.0 Å². The SMILES string of the molecule is O=C1NC(=O)/C(=C/c2cc(Cc3ccccc3)cc([N+](=O)[O-])c2O)S1. The second-order valence-electron chi connectivity index (χ2n) is 5.32. The fourth-order valence-corrected chi connectivity index (χ4v) is 3.12. The number of amides is 2. The molecule has 0 radical (unpaired) electrons. The predicted octanol–water partition coefficient (Wildman–Crippen LogP) is 3.22. The van der Waals surface area contributed by atoms with Gasteiger partial charge in [0.1, 0.15) is 0 Å². The molecular formula is C17H12N2O5S. The number of nitro benzene ring substituents is 1. The average Bonchev–Trinajstić information content (AvgIpc) is 2.88. The molecule has 2 aromatic carbocycles. The number of benzene rings is 2. The first-order chi connectivity index (χ1) is 11.9. The summed E-state index contributed by atoms with van der Waals surface area (Å²) in [5.41, 5.74) is 1.23. The van der Waals surface area contributed by atoms with Gasteiger partial charge in [-0.2, -0.15) is 0 Å². The Labute approximate surface area is 146 Å². The quantitative estimate of drug-likeness (QED) is 0.494. The number of phenols is 1. The van der Waals surface area contributed by atoms with E-state index in [9.17, 15) is 24.8 Å². The van der Waals surface area contributed by atoms with Gasteiger partial charge in [-0.25, -0.2) is 0 Å². The van der Waals surface area contributed by atoms with Gasteiger partial charge in [-0.1, -0.05) is 30.3 Å². The number of rotatable bonds is 4. The molecular weight excluding hydrogens is 344 g/mol. The van der Waals surface area contributed by atoms with Crippen LogP contribution in [0.2, 0.25) is 0 Å². The Balaban J connectivity index is 2.05. The maximum Gasteiger partial charge on any atom is 0.311 e. The summed E-state index contributed by atoms with van der Waals surface area (Å²) in [6.45, 7) is 0. The molecule has 0 saturated carbocycles. The van der Waals surface area contributed by atoms with Crippen molar-refractivity contribution in [1.82, 2.24) is 5.32 Å². The van der Waals surface area contributed by atoms with Crippen LogP contribution >= 0.6 is 11.8 Å². The van der Waals surface area contributed by atoms with Crippen LogP contribution in [-0.2, 0) is 11.2 Å². The number of phenolic OH excluding ortho intramolecular Hbond substituents is 1. The summed E-state index contributed by atoms with van der Waals surface area (Å²) >= 11 is 0.682. The van der Waals surface area contributed by atoms with Crippen LogP contribution in [0.15, 0.2) is 47.4 Å². The van der Waals surface area contributed by atoms with Gasteiger partial charge in [-0.05, 0) is 41.5 Å². The third-order valence-electron chi connectivity index (χ3n) is 3.56. The summed E-state index contributed by atoms with van der Waals surface area (Å²) in [4.78, 5) is 33.5. The lowest BCUT2D eigenvalue weighted by Gasteiger charge is -2.07. The summed E-state index contributed by atoms with van der Waals surface area (Å²) in [6.07, 6.45) is 1.71. The topological polar surface area (TPSA) is 110 Å². The molecule has 8 heteroatoms. The molecule has 0 aliphatic carbocycles. The molecule has 2 amide bonds. The van der Waals surface area contributed by atoms with E-state index in [4.69, 9.17) is 0 Å². The molecule has 1 aliphatic heterocycles. The normalized spacial score (nSPS) is 15.4. The third-order valence-corrected chi connectivity index (χ3v) is 4.37. The lowest BCUT2D eigenvalue weighted by molar-refractivity contribution is -0.385. The third kappa shape index (κ3) is 3.69. The van der Waals surface area contributed by atoms with E-state index >= 15 is 0 Å². The minimum atomic E-state index is -0.682. The largest absolute Gasteiger partial charge is 0.502 e. The van der Waals surface area contributed by atoms with E-state index in [-0.39, 0.29) is 10.5 Å². The Kier molecular flexibility index (Phi) is 4.53. The predicted molar refractivity (Wildman–Crippen MR) is 93.1 cm³/mol. The molecule has 0 atom stereocenters. The zero-order valence-corrected chi connectivity index (χ0v) is 13.6. The Hall–Kier alpha value is -3.13. The second kappa shape index (κ2) is 6.78. The maximum absolute atomic E-state index is 11.7. The van der Waals surface area contributed by atoms with Crippen LogP contribution in [0.5, 0.6) is 5.75 Å². The highest BCUT2D eigenvalue weighted by atomic mass is 32.2. The van der Waals surface area contributed by atoms with E-state index in [1.165, 1.54) is 12.1 Å². The first kappa shape index (κ1) is 16.7. The summed E-state index contributed by atoms with van der Waals surface area (Å²) in [7, 11) is 0. The highest BCUT2D eigenvalue weighted by Gasteiger charge is 2.26. The monoisotopic (exact) mass is 356 g/mol. The number of nitrogens with one attached hydrogen (secondary N) is 1. The van der Waals surface area contributed by atoms with Crippen molar-refractivity contribution in [3.05, 3.63) is 74.2 Å². The molecule has 25 heavy (non-hydrogen) atoms. The lowest BCUT2D eigenvalue weighted by atomic mass is 10.0. The van der Waals surface area contributed by atoms with Crippen LogP contribution in [0.4, 0.5) is 10.5 Å². The van der Waals surface area contributed by atoms with Crippen LogP contribution in [0, 0.1) is 10.1 Å². The summed E-state index contributed by atoms with van der Waals surface area (Å²) < 4.78 is 0. The van der Waals surface area contributed by atoms with Gasteiger partial charge in [0.15, 0.2) is 0 Å². The van der Waals surface area contributed by atoms with E-state index in [1.807, 2.05) is 30.3 Å². The van der Waals surface area contributed by atoms with Crippen LogP contribution in [0.1, 0.15) is 16.7 Å². The first-order valence-electron chi connectivity index (χ1n) is 7.23. The standard InChI is InChI=1S/C17H12N2O5S/c20-15-12(9-14-16(21)18-17(22)25-14)7-11(8-13(15)19(23)24)6-10-4-2-1-3-5-10/h1-5,7-9,20H,6H2,(H,18,21,22)/b14-9-. The highest BCUT2D eigenvalue weighted by molar-refractivity contribution is 8.18. The van der Waals surface area contributed by atoms with Crippen molar-refractivity contribution in [2.45, 2.75) is 6.42 Å². The van der Waals surface area contributed by atoms with Crippen molar-refractivity contribution in [1.29, 1.82) is 0 Å². The Morgan fingerprint density at radius 1 is 1.16 bits per heavy atom. The van der Waals surface area contributed by atoms with Crippen molar-refractivity contribution < 1.29 is 19.6 Å². The number of hydrogen-bond donors (Lipinski definition) is 2. The molecule has 126 valence electrons. The number of hydrogen-bond acceptors (Lipinski definition) is 6. The number of thioether (sulfide) groups is 1. The van der Waals surface area contributed by atoms with E-state index in [2.05, 4.69) is 5.32 Å². The molecule has 0 bridgehead atoms. The van der Waals surface area contributed by atoms with Gasteiger partial charge >= 0.3 is 5.69 Å². The molecule has 2 aromatic rings. The van der Waals surface area contributed by atoms with E-state index in [0.29, 0.717) is 23.7 Å². The molecule has 1 aliphatic rings. The molecule has 2 N–H and O–H groups in total. The Morgan fingerprint density at radius 3 is 2.48 bits per heavy atom. The maximum atomic E-state index is 11.7. The molecule has 1 saturated heterocycles. The van der Waals surface area contributed by atoms with Crippen molar-refractivity contribution >= 4 is 34.7 Å². The molecule has 1 fully saturated rings. The molecule has 1 heterocycles. The fourth-order valence-electron chi connectivity index (χ4n) is 2.45. The summed E-state index contributed by atoms with van der Waals surface area (Å²) in [5, 5.41) is 22.9. The Morgan fingerprint density at radius 2 is 1.88 bits per heavy atom. The zero-order valence-electron chi connectivity index (χ0n) is 12.8. The van der Waals surface area contributed by atoms with Crippen molar-refractivity contribution in [3.8, 4) is 5.75 Å². The number of carbonyl (C=O) groups excluding carboxylic acids is 2. The van der Waals surface area contributed by atoms with E-state index in [1.54, 1.807) is 6.07 Å². The van der Waals surface area contributed by atoms with Gasteiger partial charge in [0.05, 0.1) is 9.83 Å². The zero-order chi connectivity index (χ0) is 18.0. The average molecular weight is 356 g/mol. The fraction of sp³-hybridized carbons (Fsp3) is 0.0588. The minimum Gasteiger partial charge on any atom is -0.502 e. The number of imide groups is 1. The number of nitro groups is 1. The second-order valence-corrected chi connectivity index (χ2v) is 6.34. The summed E-state index contributed by atoms with van der Waals surface area (Å²) in [5.74, 6) is -1.13. The number of carbonyl (C=O) groups is 2. The summed E-state index contributed by atoms with van der Waals surface area (Å²) in [6, 6.07) is 12.2. The molecule has 7 nitrogen and oxygen atoms in total. The van der Waals surface area contributed by atoms with Crippen molar-refractivity contribution in [3.63, 3.8) is 0 Å². The Bertz CT molecular complexity index is 909. The molecule has 3 rings (SSSR count). The van der Waals surface area contributed by atoms with Crippen LogP contribution < -0.4 is 5.32 Å². The smallest absolute Gasteiger partial charge is 0.311 e. The number of aromatic hydroxyl groups is 1. The van der Waals surface area contributed by atoms with E-state index in [0.717, 1.165) is 5.56 Å². The minimum absolute atomic E-state index is 0.0754. The van der Waals surface area contributed by atoms with Gasteiger partial charge in [0.2, 0.25) is 5.75 Å². The van der Waals surface area contributed by atoms with Crippen LogP contribution in [0.3, 0.4) is 0 Å². The van der Waals surface area contributed by atoms with Crippen LogP contribution in [-0.4, -0.2) is 21.2 Å². The van der Waals surface area contributed by atoms with Crippen molar-refractivity contribution in [2.24, 2.45) is 0 Å². The van der Waals surface area contributed by atoms with Gasteiger partial charge in [0, 0.05) is 11.6 Å². The lowest BCUT2D eigenvalue weighted by Crippen LogP contribution is -2.17. The molecule has 0 unspecified atom stereocenters. The van der Waals surface area contributed by atoms with E-state index < -0.39 is 27.5 Å². The van der Waals surface area contributed by atoms with Gasteiger partial charge < -0.3 is 5.11 Å². The van der Waals surface area contributed by atoms with Gasteiger partial charge in [-0.15, -0.1) is 0 Å². The molecule has 0 spiro atoms. The molecule has 0 aromatic heterocycles. The highest BCUT2D eigenvalue weighted by Crippen LogP contribution is 2.35. The van der Waals surface area contributed by atoms with Crippen LogP contribution in [0.25, 0.3) is 6.08 Å².